The van der Waals surface area contributed by atoms with Gasteiger partial charge in [-0.05, 0) is 61.3 Å². The van der Waals surface area contributed by atoms with E-state index in [9.17, 15) is 0 Å². The molecule has 4 heteroatoms. The van der Waals surface area contributed by atoms with Crippen LogP contribution in [-0.2, 0) is 0 Å². The van der Waals surface area contributed by atoms with Gasteiger partial charge in [-0.2, -0.15) is 0 Å². The van der Waals surface area contributed by atoms with Crippen molar-refractivity contribution >= 4 is 0 Å². The molecule has 2 saturated heterocycles. The van der Waals surface area contributed by atoms with Crippen LogP contribution in [0.5, 0.6) is 0 Å². The molecular formula is C21H44N4. The summed E-state index contributed by atoms with van der Waals surface area (Å²) in [7, 11) is 0. The number of hydrogen-bond donors (Lipinski definition) is 0. The van der Waals surface area contributed by atoms with Gasteiger partial charge in [0.2, 0.25) is 0 Å². The second kappa shape index (κ2) is 9.68. The molecule has 0 bridgehead atoms. The Balaban J connectivity index is 1.70. The normalized spacial score (nSPS) is 28.0. The van der Waals surface area contributed by atoms with Gasteiger partial charge < -0.3 is 0 Å². The summed E-state index contributed by atoms with van der Waals surface area (Å²) < 4.78 is 0. The van der Waals surface area contributed by atoms with Crippen molar-refractivity contribution in [1.82, 2.24) is 19.6 Å². The molecule has 2 aliphatic heterocycles. The van der Waals surface area contributed by atoms with Crippen LogP contribution in [0.1, 0.15) is 61.3 Å². The Bertz CT molecular complexity index is 376. The van der Waals surface area contributed by atoms with Crippen molar-refractivity contribution in [3.8, 4) is 0 Å². The molecule has 0 saturated carbocycles. The standard InChI is InChI=1S/C21H44N4/c1-17(2)22-10-12-23(13-11-22)19(5)8-9-20(6)24-14-15-25(18(3)4)21(7)16-24/h17-21H,8-16H2,1-7H3/t19?,20?,21-/m1/s1. The van der Waals surface area contributed by atoms with Crippen molar-refractivity contribution < 1.29 is 0 Å². The minimum Gasteiger partial charge on any atom is -0.298 e. The van der Waals surface area contributed by atoms with E-state index in [1.165, 1.54) is 58.7 Å². The summed E-state index contributed by atoms with van der Waals surface area (Å²) in [6, 6.07) is 3.51. The molecule has 0 N–H and O–H groups in total. The van der Waals surface area contributed by atoms with Gasteiger partial charge >= 0.3 is 0 Å². The fourth-order valence-electron chi connectivity index (χ4n) is 4.71. The monoisotopic (exact) mass is 352 g/mol. The van der Waals surface area contributed by atoms with Crippen LogP contribution in [0.25, 0.3) is 0 Å². The molecule has 25 heavy (non-hydrogen) atoms. The molecular weight excluding hydrogens is 308 g/mol. The van der Waals surface area contributed by atoms with Crippen LogP contribution in [0.3, 0.4) is 0 Å². The molecule has 2 heterocycles. The quantitative estimate of drug-likeness (QED) is 0.698. The Morgan fingerprint density at radius 3 is 1.60 bits per heavy atom. The highest BCUT2D eigenvalue weighted by Gasteiger charge is 2.28. The number of piperazine rings is 2. The second-order valence-corrected chi connectivity index (χ2v) is 9.12. The molecule has 2 fully saturated rings. The SMILES string of the molecule is CC(C)N1CCN(C(C)CCC(C)N2CCN(C(C)C)[C@H](C)C2)CC1. The zero-order chi connectivity index (χ0) is 18.6. The fourth-order valence-corrected chi connectivity index (χ4v) is 4.71. The third-order valence-corrected chi connectivity index (χ3v) is 6.70. The highest BCUT2D eigenvalue weighted by atomic mass is 15.3. The van der Waals surface area contributed by atoms with Crippen LogP contribution < -0.4 is 0 Å². The highest BCUT2D eigenvalue weighted by Crippen LogP contribution is 2.19. The molecule has 0 aromatic heterocycles. The van der Waals surface area contributed by atoms with Crippen LogP contribution in [0, 0.1) is 0 Å². The van der Waals surface area contributed by atoms with Crippen LogP contribution in [-0.4, -0.2) is 95.6 Å². The first-order chi connectivity index (χ1) is 11.8. The van der Waals surface area contributed by atoms with E-state index in [1.807, 2.05) is 0 Å². The van der Waals surface area contributed by atoms with E-state index in [0.29, 0.717) is 18.1 Å². The predicted octanol–water partition coefficient (Wildman–Crippen LogP) is 2.98. The van der Waals surface area contributed by atoms with E-state index in [0.717, 1.165) is 12.1 Å². The summed E-state index contributed by atoms with van der Waals surface area (Å²) in [4.78, 5) is 10.7. The first-order valence-electron chi connectivity index (χ1n) is 10.8. The van der Waals surface area contributed by atoms with Crippen molar-refractivity contribution in [3.05, 3.63) is 0 Å². The van der Waals surface area contributed by atoms with Crippen molar-refractivity contribution in [2.24, 2.45) is 0 Å². The first-order valence-corrected chi connectivity index (χ1v) is 10.8. The molecule has 2 aliphatic rings. The Morgan fingerprint density at radius 2 is 1.12 bits per heavy atom. The predicted molar refractivity (Wildman–Crippen MR) is 109 cm³/mol. The Hall–Kier alpha value is -0.160. The van der Waals surface area contributed by atoms with Gasteiger partial charge in [-0.25, -0.2) is 0 Å². The summed E-state index contributed by atoms with van der Waals surface area (Å²) in [5.41, 5.74) is 0. The van der Waals surface area contributed by atoms with E-state index in [-0.39, 0.29) is 0 Å². The summed E-state index contributed by atoms with van der Waals surface area (Å²) in [5.74, 6) is 0. The van der Waals surface area contributed by atoms with Gasteiger partial charge in [0.25, 0.3) is 0 Å². The lowest BCUT2D eigenvalue weighted by Crippen LogP contribution is -2.56. The lowest BCUT2D eigenvalue weighted by molar-refractivity contribution is 0.0340. The molecule has 0 radical (unpaired) electrons. The van der Waals surface area contributed by atoms with Gasteiger partial charge in [-0.15, -0.1) is 0 Å². The zero-order valence-electron chi connectivity index (χ0n) is 18.0. The van der Waals surface area contributed by atoms with Crippen LogP contribution in [0.15, 0.2) is 0 Å². The molecule has 0 aromatic rings. The van der Waals surface area contributed by atoms with Gasteiger partial charge in [0.15, 0.2) is 0 Å². The maximum Gasteiger partial charge on any atom is 0.0198 e. The topological polar surface area (TPSA) is 13.0 Å². The molecule has 0 spiro atoms. The Kier molecular flexibility index (Phi) is 8.19. The van der Waals surface area contributed by atoms with E-state index in [1.54, 1.807) is 0 Å². The number of nitrogens with zero attached hydrogens (tertiary/aromatic N) is 4. The minimum atomic E-state index is 0.678. The Morgan fingerprint density at radius 1 is 0.640 bits per heavy atom. The molecule has 0 aliphatic carbocycles. The van der Waals surface area contributed by atoms with Crippen LogP contribution in [0.2, 0.25) is 0 Å². The number of rotatable bonds is 7. The minimum absolute atomic E-state index is 0.678. The average molecular weight is 353 g/mol. The van der Waals surface area contributed by atoms with Gasteiger partial charge in [-0.1, -0.05) is 0 Å². The van der Waals surface area contributed by atoms with E-state index < -0.39 is 0 Å². The summed E-state index contributed by atoms with van der Waals surface area (Å²) in [6.07, 6.45) is 2.67. The smallest absolute Gasteiger partial charge is 0.0198 e. The van der Waals surface area contributed by atoms with Crippen molar-refractivity contribution in [2.45, 2.75) is 91.5 Å². The molecule has 148 valence electrons. The molecule has 2 rings (SSSR count). The third-order valence-electron chi connectivity index (χ3n) is 6.70. The van der Waals surface area contributed by atoms with Crippen molar-refractivity contribution in [3.63, 3.8) is 0 Å². The second-order valence-electron chi connectivity index (χ2n) is 9.12. The van der Waals surface area contributed by atoms with E-state index in [4.69, 9.17) is 0 Å². The zero-order valence-corrected chi connectivity index (χ0v) is 18.0. The molecule has 3 atom stereocenters. The number of hydrogen-bond acceptors (Lipinski definition) is 4. The van der Waals surface area contributed by atoms with E-state index in [2.05, 4.69) is 68.1 Å². The van der Waals surface area contributed by atoms with Gasteiger partial charge in [0, 0.05) is 76.0 Å². The lowest BCUT2D eigenvalue weighted by atomic mass is 10.0. The van der Waals surface area contributed by atoms with Gasteiger partial charge in [0.1, 0.15) is 0 Å². The summed E-state index contributed by atoms with van der Waals surface area (Å²) in [5, 5.41) is 0. The van der Waals surface area contributed by atoms with Crippen LogP contribution in [0.4, 0.5) is 0 Å². The maximum atomic E-state index is 2.73. The first kappa shape index (κ1) is 21.1. The van der Waals surface area contributed by atoms with E-state index >= 15 is 0 Å². The average Bonchev–Trinajstić information content (AvgIpc) is 2.58. The van der Waals surface area contributed by atoms with Gasteiger partial charge in [0.05, 0.1) is 0 Å². The lowest BCUT2D eigenvalue weighted by Gasteiger charge is -2.45. The molecule has 2 unspecified atom stereocenters. The van der Waals surface area contributed by atoms with Gasteiger partial charge in [-0.3, -0.25) is 19.6 Å². The summed E-state index contributed by atoms with van der Waals surface area (Å²) >= 11 is 0. The summed E-state index contributed by atoms with van der Waals surface area (Å²) in [6.45, 7) is 25.3. The van der Waals surface area contributed by atoms with Crippen LogP contribution >= 0.6 is 0 Å². The maximum absolute atomic E-state index is 2.73. The third kappa shape index (κ3) is 5.92. The fraction of sp³-hybridized carbons (Fsp3) is 1.00. The molecule has 0 aromatic carbocycles. The molecule has 4 nitrogen and oxygen atoms in total. The van der Waals surface area contributed by atoms with Crippen molar-refractivity contribution in [1.29, 1.82) is 0 Å². The Labute approximate surface area is 157 Å². The largest absolute Gasteiger partial charge is 0.298 e. The highest BCUT2D eigenvalue weighted by molar-refractivity contribution is 4.85. The molecule has 0 amide bonds. The van der Waals surface area contributed by atoms with Crippen molar-refractivity contribution in [2.75, 3.05) is 45.8 Å².